The van der Waals surface area contributed by atoms with Gasteiger partial charge in [0.05, 0.1) is 16.9 Å². The number of para-hydroxylation sites is 1. The lowest BCUT2D eigenvalue weighted by Gasteiger charge is -2.04. The number of carbonyl (C=O) groups is 2. The number of hydrogen-bond donors (Lipinski definition) is 0. The molecular formula is C25H17BrN2O3. The molecule has 0 fully saturated rings. The van der Waals surface area contributed by atoms with Crippen molar-refractivity contribution < 1.29 is 14.3 Å². The molecule has 0 saturated heterocycles. The van der Waals surface area contributed by atoms with Crippen molar-refractivity contribution in [2.75, 3.05) is 0 Å². The van der Waals surface area contributed by atoms with Crippen LogP contribution in [0.3, 0.4) is 0 Å². The maximum Gasteiger partial charge on any atom is 0.336 e. The quantitative estimate of drug-likeness (QED) is 0.155. The van der Waals surface area contributed by atoms with Gasteiger partial charge in [-0.1, -0.05) is 64.5 Å². The molecule has 4 rings (SSSR count). The number of hydrogen-bond acceptors (Lipinski definition) is 4. The number of benzene rings is 3. The summed E-state index contributed by atoms with van der Waals surface area (Å²) < 4.78 is 7.84. The van der Waals surface area contributed by atoms with Crippen LogP contribution in [-0.4, -0.2) is 22.0 Å². The maximum absolute atomic E-state index is 12.4. The average Bonchev–Trinajstić information content (AvgIpc) is 3.24. The molecule has 0 aliphatic rings. The average molecular weight is 473 g/mol. The molecule has 1 heterocycles. The van der Waals surface area contributed by atoms with Gasteiger partial charge >= 0.3 is 5.97 Å². The molecular weight excluding hydrogens is 456 g/mol. The Bertz CT molecular complexity index is 1250. The molecule has 152 valence electrons. The molecule has 1 aromatic heterocycles. The van der Waals surface area contributed by atoms with Crippen LogP contribution in [0.2, 0.25) is 0 Å². The summed E-state index contributed by atoms with van der Waals surface area (Å²) in [6.07, 6.45) is 5.50. The van der Waals surface area contributed by atoms with Gasteiger partial charge < -0.3 is 4.74 Å². The Kier molecular flexibility index (Phi) is 6.19. The second kappa shape index (κ2) is 9.36. The molecule has 0 amide bonds. The molecule has 0 unspecified atom stereocenters. The van der Waals surface area contributed by atoms with Crippen molar-refractivity contribution in [3.63, 3.8) is 0 Å². The zero-order valence-electron chi connectivity index (χ0n) is 16.3. The third kappa shape index (κ3) is 4.87. The third-order valence-corrected chi connectivity index (χ3v) is 5.01. The van der Waals surface area contributed by atoms with Gasteiger partial charge in [0, 0.05) is 27.9 Å². The highest BCUT2D eigenvalue weighted by Gasteiger charge is 2.12. The Morgan fingerprint density at radius 3 is 2.35 bits per heavy atom. The first-order chi connectivity index (χ1) is 15.1. The van der Waals surface area contributed by atoms with Gasteiger partial charge in [-0.3, -0.25) is 4.79 Å². The number of esters is 1. The normalized spacial score (nSPS) is 10.9. The second-order valence-electron chi connectivity index (χ2n) is 6.63. The Morgan fingerprint density at radius 1 is 0.935 bits per heavy atom. The van der Waals surface area contributed by atoms with Crippen molar-refractivity contribution in [3.05, 3.63) is 107 Å². The lowest BCUT2D eigenvalue weighted by atomic mass is 10.1. The standard InChI is InChI=1S/C25H17BrN2O3/c26-21-12-13-23(20(15-21)17-29)31-24(30)14-11-19-16-28(22-9-5-2-6-10-22)27-25(19)18-7-3-1-4-8-18/h1-17H. The first-order valence-corrected chi connectivity index (χ1v) is 10.3. The van der Waals surface area contributed by atoms with Gasteiger partial charge in [-0.2, -0.15) is 5.10 Å². The van der Waals surface area contributed by atoms with E-state index in [4.69, 9.17) is 9.84 Å². The van der Waals surface area contributed by atoms with E-state index in [0.717, 1.165) is 27.0 Å². The second-order valence-corrected chi connectivity index (χ2v) is 7.55. The molecule has 0 aliphatic carbocycles. The van der Waals surface area contributed by atoms with Crippen molar-refractivity contribution in [1.29, 1.82) is 0 Å². The SMILES string of the molecule is O=Cc1cc(Br)ccc1OC(=O)C=Cc1cn(-c2ccccc2)nc1-c1ccccc1. The van der Waals surface area contributed by atoms with Gasteiger partial charge in [0.15, 0.2) is 6.29 Å². The van der Waals surface area contributed by atoms with Crippen LogP contribution in [0.15, 0.2) is 95.6 Å². The number of rotatable bonds is 6. The van der Waals surface area contributed by atoms with Crippen LogP contribution in [0.4, 0.5) is 0 Å². The van der Waals surface area contributed by atoms with Crippen LogP contribution in [0.25, 0.3) is 23.0 Å². The Hall–Kier alpha value is -3.77. The lowest BCUT2D eigenvalue weighted by molar-refractivity contribution is -0.128. The number of aldehydes is 1. The molecule has 0 N–H and O–H groups in total. The summed E-state index contributed by atoms with van der Waals surface area (Å²) in [6, 6.07) is 24.3. The van der Waals surface area contributed by atoms with E-state index in [-0.39, 0.29) is 11.3 Å². The number of aromatic nitrogens is 2. The maximum atomic E-state index is 12.4. The summed E-state index contributed by atoms with van der Waals surface area (Å²) >= 11 is 3.29. The summed E-state index contributed by atoms with van der Waals surface area (Å²) in [5.74, 6) is -0.381. The minimum absolute atomic E-state index is 0.205. The van der Waals surface area contributed by atoms with E-state index in [9.17, 15) is 9.59 Å². The Morgan fingerprint density at radius 2 is 1.65 bits per heavy atom. The highest BCUT2D eigenvalue weighted by atomic mass is 79.9. The van der Waals surface area contributed by atoms with Crippen LogP contribution in [-0.2, 0) is 4.79 Å². The molecule has 4 aromatic rings. The van der Waals surface area contributed by atoms with Crippen LogP contribution in [0.5, 0.6) is 5.75 Å². The summed E-state index contributed by atoms with van der Waals surface area (Å²) in [4.78, 5) is 23.6. The van der Waals surface area contributed by atoms with Gasteiger partial charge in [-0.25, -0.2) is 9.48 Å². The van der Waals surface area contributed by atoms with Gasteiger partial charge in [-0.05, 0) is 36.4 Å². The zero-order chi connectivity index (χ0) is 21.6. The number of nitrogens with zero attached hydrogens (tertiary/aromatic N) is 2. The van der Waals surface area contributed by atoms with Crippen molar-refractivity contribution in [2.45, 2.75) is 0 Å². The topological polar surface area (TPSA) is 61.2 Å². The van der Waals surface area contributed by atoms with Crippen molar-refractivity contribution in [2.24, 2.45) is 0 Å². The first-order valence-electron chi connectivity index (χ1n) is 9.49. The van der Waals surface area contributed by atoms with E-state index in [1.54, 1.807) is 29.0 Å². The Balaban J connectivity index is 1.64. The zero-order valence-corrected chi connectivity index (χ0v) is 17.9. The largest absolute Gasteiger partial charge is 0.423 e. The van der Waals surface area contributed by atoms with Crippen LogP contribution >= 0.6 is 15.9 Å². The summed E-state index contributed by atoms with van der Waals surface area (Å²) in [6.45, 7) is 0. The van der Waals surface area contributed by atoms with E-state index in [2.05, 4.69) is 15.9 Å². The van der Waals surface area contributed by atoms with Crippen LogP contribution in [0, 0.1) is 0 Å². The van der Waals surface area contributed by atoms with Crippen molar-refractivity contribution in [3.8, 4) is 22.7 Å². The van der Waals surface area contributed by atoms with Crippen LogP contribution < -0.4 is 4.74 Å². The fraction of sp³-hybridized carbons (Fsp3) is 0. The molecule has 5 nitrogen and oxygen atoms in total. The fourth-order valence-corrected chi connectivity index (χ4v) is 3.43. The van der Waals surface area contributed by atoms with Gasteiger partial charge in [0.25, 0.3) is 0 Å². The molecule has 0 radical (unpaired) electrons. The monoisotopic (exact) mass is 472 g/mol. The first kappa shape index (κ1) is 20.5. The number of ether oxygens (including phenoxy) is 1. The predicted octanol–water partition coefficient (Wildman–Crippen LogP) is 5.73. The van der Waals surface area contributed by atoms with Gasteiger partial charge in [0.2, 0.25) is 0 Å². The highest BCUT2D eigenvalue weighted by molar-refractivity contribution is 9.10. The lowest BCUT2D eigenvalue weighted by Crippen LogP contribution is -2.05. The van der Waals surface area contributed by atoms with E-state index in [1.807, 2.05) is 66.9 Å². The molecule has 0 aliphatic heterocycles. The van der Waals surface area contributed by atoms with Crippen molar-refractivity contribution in [1.82, 2.24) is 9.78 Å². The summed E-state index contributed by atoms with van der Waals surface area (Å²) in [7, 11) is 0. The fourth-order valence-electron chi connectivity index (χ4n) is 3.05. The van der Waals surface area contributed by atoms with E-state index >= 15 is 0 Å². The molecule has 0 bridgehead atoms. The molecule has 0 spiro atoms. The Labute approximate surface area is 187 Å². The molecule has 6 heteroatoms. The summed E-state index contributed by atoms with van der Waals surface area (Å²) in [5, 5.41) is 4.71. The van der Waals surface area contributed by atoms with E-state index in [1.165, 1.54) is 6.08 Å². The number of halogens is 1. The molecule has 0 atom stereocenters. The van der Waals surface area contributed by atoms with Crippen LogP contribution in [0.1, 0.15) is 15.9 Å². The van der Waals surface area contributed by atoms with Gasteiger partial charge in [-0.15, -0.1) is 0 Å². The minimum Gasteiger partial charge on any atom is -0.423 e. The molecule has 0 saturated carbocycles. The minimum atomic E-state index is -0.586. The summed E-state index contributed by atoms with van der Waals surface area (Å²) in [5.41, 5.74) is 3.64. The van der Waals surface area contributed by atoms with E-state index < -0.39 is 5.97 Å². The highest BCUT2D eigenvalue weighted by Crippen LogP contribution is 2.25. The third-order valence-electron chi connectivity index (χ3n) is 4.52. The van der Waals surface area contributed by atoms with Gasteiger partial charge in [0.1, 0.15) is 5.75 Å². The smallest absolute Gasteiger partial charge is 0.336 e. The van der Waals surface area contributed by atoms with E-state index in [0.29, 0.717) is 6.29 Å². The number of carbonyl (C=O) groups excluding carboxylic acids is 2. The van der Waals surface area contributed by atoms with Crippen molar-refractivity contribution >= 4 is 34.3 Å². The molecule has 31 heavy (non-hydrogen) atoms. The predicted molar refractivity (Wildman–Crippen MR) is 123 cm³/mol. The molecule has 3 aromatic carbocycles.